The summed E-state index contributed by atoms with van der Waals surface area (Å²) in [6.45, 7) is 0.569. The molecule has 1 saturated heterocycles. The molecule has 1 unspecified atom stereocenters. The quantitative estimate of drug-likeness (QED) is 0.893. The van der Waals surface area contributed by atoms with Gasteiger partial charge < -0.3 is 10.6 Å². The number of benzene rings is 1. The van der Waals surface area contributed by atoms with Crippen LogP contribution in [-0.4, -0.2) is 34.3 Å². The lowest BCUT2D eigenvalue weighted by atomic mass is 10.1. The number of para-hydroxylation sites is 1. The Bertz CT molecular complexity index is 684. The number of hydrogen-bond acceptors (Lipinski definition) is 3. The minimum Gasteiger partial charge on any atom is -0.368 e. The van der Waals surface area contributed by atoms with Crippen molar-refractivity contribution in [3.63, 3.8) is 0 Å². The Morgan fingerprint density at radius 2 is 2.10 bits per heavy atom. The molecule has 5 nitrogen and oxygen atoms in total. The number of hydrogen-bond donors (Lipinski definition) is 1. The topological polar surface area (TPSA) is 76.3 Å². The van der Waals surface area contributed by atoms with E-state index in [-0.39, 0.29) is 5.91 Å². The van der Waals surface area contributed by atoms with Crippen LogP contribution in [0.25, 0.3) is 10.9 Å². The third-order valence-electron chi connectivity index (χ3n) is 3.68. The Labute approximate surface area is 116 Å². The molecule has 2 aromatic rings. The van der Waals surface area contributed by atoms with Gasteiger partial charge in [0, 0.05) is 18.1 Å². The van der Waals surface area contributed by atoms with Gasteiger partial charge in [-0.15, -0.1) is 0 Å². The Hall–Kier alpha value is -2.43. The van der Waals surface area contributed by atoms with Crippen molar-refractivity contribution in [2.75, 3.05) is 6.54 Å². The fourth-order valence-corrected chi connectivity index (χ4v) is 2.66. The Morgan fingerprint density at radius 3 is 2.90 bits per heavy atom. The summed E-state index contributed by atoms with van der Waals surface area (Å²) in [5.41, 5.74) is 6.69. The van der Waals surface area contributed by atoms with Crippen molar-refractivity contribution in [1.29, 1.82) is 0 Å². The molecular formula is C15H15N3O2. The summed E-state index contributed by atoms with van der Waals surface area (Å²) in [4.78, 5) is 29.7. The molecule has 20 heavy (non-hydrogen) atoms. The Morgan fingerprint density at radius 1 is 1.30 bits per heavy atom. The fraction of sp³-hybridized carbons (Fsp3) is 0.267. The molecule has 1 aliphatic rings. The van der Waals surface area contributed by atoms with Gasteiger partial charge in [-0.1, -0.05) is 18.2 Å². The SMILES string of the molecule is NC(=O)C1CCCN1C(=O)c1cnc2ccccc2c1. The van der Waals surface area contributed by atoms with Crippen LogP contribution in [0.15, 0.2) is 36.5 Å². The monoisotopic (exact) mass is 269 g/mol. The maximum absolute atomic E-state index is 12.5. The summed E-state index contributed by atoms with van der Waals surface area (Å²) < 4.78 is 0. The van der Waals surface area contributed by atoms with Gasteiger partial charge in [0.25, 0.3) is 5.91 Å². The number of primary amides is 1. The van der Waals surface area contributed by atoms with Crippen molar-refractivity contribution in [2.45, 2.75) is 18.9 Å². The first-order chi connectivity index (χ1) is 9.66. The maximum atomic E-state index is 12.5. The van der Waals surface area contributed by atoms with Gasteiger partial charge in [0.05, 0.1) is 11.1 Å². The molecule has 3 rings (SSSR count). The summed E-state index contributed by atoms with van der Waals surface area (Å²) in [5.74, 6) is -0.617. The number of likely N-dealkylation sites (tertiary alicyclic amines) is 1. The molecule has 102 valence electrons. The van der Waals surface area contributed by atoms with E-state index in [0.717, 1.165) is 17.3 Å². The molecule has 1 aromatic carbocycles. The van der Waals surface area contributed by atoms with Gasteiger partial charge in [-0.3, -0.25) is 14.6 Å². The van der Waals surface area contributed by atoms with Crippen molar-refractivity contribution in [3.05, 3.63) is 42.1 Å². The first kappa shape index (κ1) is 12.6. The molecule has 0 aliphatic carbocycles. The van der Waals surface area contributed by atoms with Gasteiger partial charge in [0.1, 0.15) is 6.04 Å². The number of aromatic nitrogens is 1. The normalized spacial score (nSPS) is 18.4. The van der Waals surface area contributed by atoms with Crippen LogP contribution < -0.4 is 5.73 Å². The highest BCUT2D eigenvalue weighted by molar-refractivity contribution is 5.99. The maximum Gasteiger partial charge on any atom is 0.256 e. The van der Waals surface area contributed by atoms with Gasteiger partial charge in [0.2, 0.25) is 5.91 Å². The number of carbonyl (C=O) groups excluding carboxylic acids is 2. The molecular weight excluding hydrogens is 254 g/mol. The predicted molar refractivity (Wildman–Crippen MR) is 75.0 cm³/mol. The Kier molecular flexibility index (Phi) is 3.10. The molecule has 0 radical (unpaired) electrons. The number of pyridine rings is 1. The highest BCUT2D eigenvalue weighted by atomic mass is 16.2. The highest BCUT2D eigenvalue weighted by Crippen LogP contribution is 2.21. The number of nitrogens with zero attached hydrogens (tertiary/aromatic N) is 2. The van der Waals surface area contributed by atoms with Gasteiger partial charge in [-0.05, 0) is 25.0 Å². The molecule has 1 aromatic heterocycles. The molecule has 1 atom stereocenters. The molecule has 1 aliphatic heterocycles. The van der Waals surface area contributed by atoms with E-state index in [0.29, 0.717) is 18.5 Å². The second-order valence-corrected chi connectivity index (χ2v) is 4.98. The summed E-state index contributed by atoms with van der Waals surface area (Å²) in [5, 5.41) is 0.910. The summed E-state index contributed by atoms with van der Waals surface area (Å²) in [6.07, 6.45) is 3.00. The Balaban J connectivity index is 1.94. The standard InChI is InChI=1S/C15H15N3O2/c16-14(19)13-6-3-7-18(13)15(20)11-8-10-4-1-2-5-12(10)17-9-11/h1-2,4-5,8-9,13H,3,6-7H2,(H2,16,19). The third kappa shape index (κ3) is 2.11. The number of fused-ring (bicyclic) bond motifs is 1. The zero-order valence-corrected chi connectivity index (χ0v) is 11.0. The minimum atomic E-state index is -0.492. The lowest BCUT2D eigenvalue weighted by Gasteiger charge is -2.22. The molecule has 0 spiro atoms. The van der Waals surface area contributed by atoms with E-state index in [4.69, 9.17) is 5.73 Å². The van der Waals surface area contributed by atoms with Crippen LogP contribution in [-0.2, 0) is 4.79 Å². The molecule has 2 heterocycles. The average Bonchev–Trinajstić information content (AvgIpc) is 2.95. The van der Waals surface area contributed by atoms with Crippen molar-refractivity contribution in [3.8, 4) is 0 Å². The van der Waals surface area contributed by atoms with Gasteiger partial charge in [0.15, 0.2) is 0 Å². The van der Waals surface area contributed by atoms with E-state index >= 15 is 0 Å². The predicted octanol–water partition coefficient (Wildman–Crippen LogP) is 1.32. The number of carbonyl (C=O) groups is 2. The van der Waals surface area contributed by atoms with Gasteiger partial charge in [-0.25, -0.2) is 0 Å². The van der Waals surface area contributed by atoms with E-state index in [2.05, 4.69) is 4.98 Å². The van der Waals surface area contributed by atoms with Gasteiger partial charge in [-0.2, -0.15) is 0 Å². The van der Waals surface area contributed by atoms with Crippen molar-refractivity contribution in [1.82, 2.24) is 9.88 Å². The highest BCUT2D eigenvalue weighted by Gasteiger charge is 2.33. The average molecular weight is 269 g/mol. The fourth-order valence-electron chi connectivity index (χ4n) is 2.66. The van der Waals surface area contributed by atoms with E-state index in [1.165, 1.54) is 0 Å². The van der Waals surface area contributed by atoms with Crippen LogP contribution in [0.2, 0.25) is 0 Å². The van der Waals surface area contributed by atoms with Crippen molar-refractivity contribution in [2.24, 2.45) is 5.73 Å². The number of amides is 2. The lowest BCUT2D eigenvalue weighted by Crippen LogP contribution is -2.43. The zero-order chi connectivity index (χ0) is 14.1. The molecule has 2 amide bonds. The second kappa shape index (κ2) is 4.92. The zero-order valence-electron chi connectivity index (χ0n) is 11.0. The second-order valence-electron chi connectivity index (χ2n) is 4.98. The van der Waals surface area contributed by atoms with Crippen LogP contribution >= 0.6 is 0 Å². The van der Waals surface area contributed by atoms with Crippen LogP contribution in [0, 0.1) is 0 Å². The summed E-state index contributed by atoms with van der Waals surface area (Å²) >= 11 is 0. The van der Waals surface area contributed by atoms with Crippen LogP contribution in [0.1, 0.15) is 23.2 Å². The number of nitrogens with two attached hydrogens (primary N) is 1. The third-order valence-corrected chi connectivity index (χ3v) is 3.68. The van der Waals surface area contributed by atoms with Crippen molar-refractivity contribution >= 4 is 22.7 Å². The van der Waals surface area contributed by atoms with E-state index < -0.39 is 11.9 Å². The van der Waals surface area contributed by atoms with E-state index in [1.54, 1.807) is 17.2 Å². The van der Waals surface area contributed by atoms with Crippen molar-refractivity contribution < 1.29 is 9.59 Å². The van der Waals surface area contributed by atoms with E-state index in [1.807, 2.05) is 24.3 Å². The van der Waals surface area contributed by atoms with Crippen LogP contribution in [0.4, 0.5) is 0 Å². The smallest absolute Gasteiger partial charge is 0.256 e. The van der Waals surface area contributed by atoms with E-state index in [9.17, 15) is 9.59 Å². The minimum absolute atomic E-state index is 0.176. The molecule has 0 bridgehead atoms. The van der Waals surface area contributed by atoms with Crippen LogP contribution in [0.5, 0.6) is 0 Å². The molecule has 5 heteroatoms. The van der Waals surface area contributed by atoms with Gasteiger partial charge >= 0.3 is 0 Å². The first-order valence-electron chi connectivity index (χ1n) is 6.62. The number of rotatable bonds is 2. The molecule has 1 fully saturated rings. The molecule has 0 saturated carbocycles. The first-order valence-corrected chi connectivity index (χ1v) is 6.62. The lowest BCUT2D eigenvalue weighted by molar-refractivity contribution is -0.121. The largest absolute Gasteiger partial charge is 0.368 e. The molecule has 2 N–H and O–H groups in total. The summed E-state index contributed by atoms with van der Waals surface area (Å²) in [7, 11) is 0. The van der Waals surface area contributed by atoms with Crippen LogP contribution in [0.3, 0.4) is 0 Å². The summed E-state index contributed by atoms with van der Waals surface area (Å²) in [6, 6.07) is 8.93.